The zero-order valence-electron chi connectivity index (χ0n) is 22.0. The van der Waals surface area contributed by atoms with Crippen LogP contribution in [0, 0.1) is 34.5 Å². The Morgan fingerprint density at radius 3 is 2.48 bits per heavy atom. The summed E-state index contributed by atoms with van der Waals surface area (Å²) >= 11 is 0. The highest BCUT2D eigenvalue weighted by atomic mass is 16.2. The summed E-state index contributed by atoms with van der Waals surface area (Å²) in [7, 11) is 0. The molecule has 1 saturated heterocycles. The first-order valence-electron chi connectivity index (χ1n) is 14.1. The first-order chi connectivity index (χ1) is 15.8. The molecule has 33 heavy (non-hydrogen) atoms. The fraction of sp³-hybridized carbons (Fsp3) is 0.862. The van der Waals surface area contributed by atoms with E-state index in [9.17, 15) is 9.59 Å². The summed E-state index contributed by atoms with van der Waals surface area (Å²) in [6.07, 6.45) is 13.4. The molecule has 6 atom stereocenters. The van der Waals surface area contributed by atoms with E-state index in [0.717, 1.165) is 39.0 Å². The van der Waals surface area contributed by atoms with Crippen LogP contribution in [-0.2, 0) is 9.59 Å². The molecule has 3 fully saturated rings. The van der Waals surface area contributed by atoms with Gasteiger partial charge in [-0.3, -0.25) is 9.59 Å². The Kier molecular flexibility index (Phi) is 7.32. The average molecular weight is 457 g/mol. The highest BCUT2D eigenvalue weighted by Crippen LogP contribution is 2.65. The molecule has 4 rings (SSSR count). The number of rotatable bonds is 8. The van der Waals surface area contributed by atoms with Crippen molar-refractivity contribution in [2.24, 2.45) is 34.5 Å². The molecule has 0 aromatic heterocycles. The lowest BCUT2D eigenvalue weighted by atomic mass is 9.49. The van der Waals surface area contributed by atoms with Crippen molar-refractivity contribution in [2.45, 2.75) is 98.8 Å². The predicted molar refractivity (Wildman–Crippen MR) is 135 cm³/mol. The maximum Gasteiger partial charge on any atom is 0.226 e. The fourth-order valence-corrected chi connectivity index (χ4v) is 8.52. The van der Waals surface area contributed by atoms with Crippen LogP contribution in [0.5, 0.6) is 0 Å². The monoisotopic (exact) mass is 456 g/mol. The lowest BCUT2D eigenvalue weighted by molar-refractivity contribution is -0.143. The number of nitrogens with zero attached hydrogens (tertiary/aromatic N) is 2. The van der Waals surface area contributed by atoms with E-state index in [2.05, 4.69) is 44.4 Å². The van der Waals surface area contributed by atoms with Gasteiger partial charge in [0.05, 0.1) is 0 Å². The van der Waals surface area contributed by atoms with Crippen molar-refractivity contribution < 1.29 is 9.59 Å². The van der Waals surface area contributed by atoms with Gasteiger partial charge in [-0.25, -0.2) is 0 Å². The number of unbranched alkanes of at least 4 members (excludes halogenated alkanes) is 3. The molecule has 1 heterocycles. The summed E-state index contributed by atoms with van der Waals surface area (Å²) < 4.78 is 0. The molecular formula is C29H48N2O2. The van der Waals surface area contributed by atoms with Gasteiger partial charge in [0.2, 0.25) is 5.91 Å². The van der Waals surface area contributed by atoms with Crippen LogP contribution in [0.15, 0.2) is 11.8 Å². The van der Waals surface area contributed by atoms with E-state index in [1.54, 1.807) is 0 Å². The SMILES string of the molecule is CCCCCCN1C[C@H]2[C@@H]3CC[C@H](C(=O)N(CC)CC)[C@@]3(C)CC[C@@H]2[C@@]2(C)CCC(=O)C=C12. The molecule has 0 spiro atoms. The number of carbonyl (C=O) groups is 2. The van der Waals surface area contributed by atoms with Gasteiger partial charge < -0.3 is 9.80 Å². The van der Waals surface area contributed by atoms with Gasteiger partial charge in [-0.05, 0) is 75.5 Å². The molecule has 4 aliphatic rings. The molecular weight excluding hydrogens is 408 g/mol. The normalized spacial score (nSPS) is 37.8. The molecule has 0 radical (unpaired) electrons. The largest absolute Gasteiger partial charge is 0.374 e. The minimum absolute atomic E-state index is 0.129. The van der Waals surface area contributed by atoms with Crippen LogP contribution in [0.1, 0.15) is 98.8 Å². The highest BCUT2D eigenvalue weighted by Gasteiger charge is 2.61. The van der Waals surface area contributed by atoms with E-state index in [1.165, 1.54) is 50.6 Å². The van der Waals surface area contributed by atoms with E-state index < -0.39 is 0 Å². The summed E-state index contributed by atoms with van der Waals surface area (Å²) in [4.78, 5) is 30.7. The van der Waals surface area contributed by atoms with Gasteiger partial charge in [-0.15, -0.1) is 0 Å². The van der Waals surface area contributed by atoms with Crippen LogP contribution in [0.4, 0.5) is 0 Å². The number of ketones is 1. The molecule has 1 amide bonds. The number of carbonyl (C=O) groups excluding carboxylic acids is 2. The van der Waals surface area contributed by atoms with Gasteiger partial charge in [0.25, 0.3) is 0 Å². The number of piperidine rings is 1. The molecule has 0 aromatic rings. The molecule has 186 valence electrons. The Labute approximate surface area is 202 Å². The topological polar surface area (TPSA) is 40.6 Å². The number of hydrogen-bond acceptors (Lipinski definition) is 3. The van der Waals surface area contributed by atoms with Crippen molar-refractivity contribution in [1.82, 2.24) is 9.80 Å². The van der Waals surface area contributed by atoms with Crippen molar-refractivity contribution >= 4 is 11.7 Å². The van der Waals surface area contributed by atoms with Crippen LogP contribution in [-0.4, -0.2) is 47.7 Å². The fourth-order valence-electron chi connectivity index (χ4n) is 8.52. The second-order valence-electron chi connectivity index (χ2n) is 12.0. The Bertz CT molecular complexity index is 772. The van der Waals surface area contributed by atoms with Crippen molar-refractivity contribution in [3.05, 3.63) is 11.8 Å². The van der Waals surface area contributed by atoms with E-state index in [0.29, 0.717) is 35.9 Å². The molecule has 0 bridgehead atoms. The first-order valence-corrected chi connectivity index (χ1v) is 14.1. The van der Waals surface area contributed by atoms with E-state index in [1.807, 2.05) is 6.08 Å². The Hall–Kier alpha value is -1.32. The van der Waals surface area contributed by atoms with E-state index >= 15 is 0 Å². The third-order valence-corrected chi connectivity index (χ3v) is 10.5. The average Bonchev–Trinajstić information content (AvgIpc) is 3.15. The Morgan fingerprint density at radius 1 is 1.03 bits per heavy atom. The molecule has 4 heteroatoms. The van der Waals surface area contributed by atoms with Crippen molar-refractivity contribution in [3.63, 3.8) is 0 Å². The van der Waals surface area contributed by atoms with Gasteiger partial charge in [0.1, 0.15) is 0 Å². The van der Waals surface area contributed by atoms with Crippen molar-refractivity contribution in [1.29, 1.82) is 0 Å². The molecule has 1 aliphatic heterocycles. The van der Waals surface area contributed by atoms with E-state index in [-0.39, 0.29) is 16.7 Å². The highest BCUT2D eigenvalue weighted by molar-refractivity contribution is 5.91. The smallest absolute Gasteiger partial charge is 0.226 e. The van der Waals surface area contributed by atoms with Crippen molar-refractivity contribution in [2.75, 3.05) is 26.2 Å². The van der Waals surface area contributed by atoms with Crippen LogP contribution in [0.25, 0.3) is 0 Å². The number of hydrogen-bond donors (Lipinski definition) is 0. The first kappa shape index (κ1) is 24.8. The lowest BCUT2D eigenvalue weighted by Gasteiger charge is -2.61. The van der Waals surface area contributed by atoms with Crippen LogP contribution >= 0.6 is 0 Å². The quantitative estimate of drug-likeness (QED) is 0.417. The Morgan fingerprint density at radius 2 is 1.79 bits per heavy atom. The zero-order chi connectivity index (χ0) is 23.8. The molecule has 0 aromatic carbocycles. The zero-order valence-corrected chi connectivity index (χ0v) is 22.0. The molecule has 2 saturated carbocycles. The third-order valence-electron chi connectivity index (χ3n) is 10.5. The van der Waals surface area contributed by atoms with Crippen molar-refractivity contribution in [3.8, 4) is 0 Å². The summed E-state index contributed by atoms with van der Waals surface area (Å²) in [5.74, 6) is 2.87. The second kappa shape index (κ2) is 9.74. The third kappa shape index (κ3) is 4.18. The van der Waals surface area contributed by atoms with Crippen LogP contribution < -0.4 is 0 Å². The molecule has 0 unspecified atom stereocenters. The summed E-state index contributed by atoms with van der Waals surface area (Å²) in [5.41, 5.74) is 1.62. The number of amides is 1. The molecule has 3 aliphatic carbocycles. The van der Waals surface area contributed by atoms with Gasteiger partial charge >= 0.3 is 0 Å². The maximum atomic E-state index is 13.5. The van der Waals surface area contributed by atoms with Crippen LogP contribution in [0.3, 0.4) is 0 Å². The minimum atomic E-state index is 0.129. The van der Waals surface area contributed by atoms with Gasteiger partial charge in [-0.1, -0.05) is 40.0 Å². The summed E-state index contributed by atoms with van der Waals surface area (Å²) in [5, 5.41) is 0. The number of likely N-dealkylation sites (tertiary alicyclic amines) is 1. The summed E-state index contributed by atoms with van der Waals surface area (Å²) in [6, 6.07) is 0. The van der Waals surface area contributed by atoms with Gasteiger partial charge in [0, 0.05) is 55.7 Å². The van der Waals surface area contributed by atoms with Crippen LogP contribution in [0.2, 0.25) is 0 Å². The number of fused-ring (bicyclic) bond motifs is 5. The predicted octanol–water partition coefficient (Wildman–Crippen LogP) is 6.06. The standard InChI is InChI=1S/C29H48N2O2/c1-6-9-10-11-18-31-20-22-23-12-13-25(27(33)30(7-2)8-3)28(23,4)17-15-24(22)29(5)16-14-21(32)19-26(29)31/h19,22-25H,6-18,20H2,1-5H3/t22-,23-,24-,25+,28-,29+/m0/s1. The molecule has 0 N–H and O–H groups in total. The Balaban J connectivity index is 1.61. The second-order valence-corrected chi connectivity index (χ2v) is 12.0. The van der Waals surface area contributed by atoms with E-state index in [4.69, 9.17) is 0 Å². The molecule has 4 nitrogen and oxygen atoms in total. The number of allylic oxidation sites excluding steroid dienone is 2. The maximum absolute atomic E-state index is 13.5. The van der Waals surface area contributed by atoms with Gasteiger partial charge in [0.15, 0.2) is 5.78 Å². The summed E-state index contributed by atoms with van der Waals surface area (Å²) in [6.45, 7) is 15.3. The lowest BCUT2D eigenvalue weighted by Crippen LogP contribution is -2.58. The van der Waals surface area contributed by atoms with Gasteiger partial charge in [-0.2, -0.15) is 0 Å². The minimum Gasteiger partial charge on any atom is -0.374 e.